The number of nitriles is 1. The van der Waals surface area contributed by atoms with E-state index in [0.717, 1.165) is 19.6 Å². The zero-order valence-corrected chi connectivity index (χ0v) is 10.2. The van der Waals surface area contributed by atoms with Crippen LogP contribution in [0.4, 0.5) is 0 Å². The smallest absolute Gasteiger partial charge is 0.0666 e. The van der Waals surface area contributed by atoms with Crippen molar-refractivity contribution < 1.29 is 0 Å². The van der Waals surface area contributed by atoms with Crippen molar-refractivity contribution in [2.75, 3.05) is 19.6 Å². The molecule has 3 atom stereocenters. The van der Waals surface area contributed by atoms with Crippen molar-refractivity contribution in [2.45, 2.75) is 45.7 Å². The van der Waals surface area contributed by atoms with Gasteiger partial charge in [0.25, 0.3) is 0 Å². The first-order chi connectivity index (χ1) is 7.21. The van der Waals surface area contributed by atoms with Gasteiger partial charge >= 0.3 is 0 Å². The third-order valence-electron chi connectivity index (χ3n) is 3.31. The first-order valence-corrected chi connectivity index (χ1v) is 6.08. The van der Waals surface area contributed by atoms with Crippen molar-refractivity contribution >= 4 is 0 Å². The van der Waals surface area contributed by atoms with Crippen molar-refractivity contribution in [3.05, 3.63) is 0 Å². The van der Waals surface area contributed by atoms with Gasteiger partial charge in [-0.3, -0.25) is 4.90 Å². The Labute approximate surface area is 93.5 Å². The van der Waals surface area contributed by atoms with E-state index in [2.05, 4.69) is 30.1 Å². The van der Waals surface area contributed by atoms with Crippen LogP contribution < -0.4 is 5.32 Å². The second-order valence-corrected chi connectivity index (χ2v) is 4.56. The van der Waals surface area contributed by atoms with E-state index in [4.69, 9.17) is 5.26 Å². The van der Waals surface area contributed by atoms with Crippen LogP contribution in [-0.4, -0.2) is 36.6 Å². The Balaban J connectivity index is 2.51. The minimum Gasteiger partial charge on any atom is -0.311 e. The summed E-state index contributed by atoms with van der Waals surface area (Å²) in [5.41, 5.74) is 0. The number of nitrogens with zero attached hydrogens (tertiary/aromatic N) is 2. The summed E-state index contributed by atoms with van der Waals surface area (Å²) in [6.07, 6.45) is 2.34. The molecule has 3 nitrogen and oxygen atoms in total. The normalized spacial score (nSPS) is 29.7. The molecule has 0 bridgehead atoms. The summed E-state index contributed by atoms with van der Waals surface area (Å²) in [5, 5.41) is 12.4. The van der Waals surface area contributed by atoms with E-state index in [1.807, 2.05) is 6.92 Å². The predicted molar refractivity (Wildman–Crippen MR) is 62.5 cm³/mol. The lowest BCUT2D eigenvalue weighted by Crippen LogP contribution is -2.56. The van der Waals surface area contributed by atoms with Crippen molar-refractivity contribution in [3.63, 3.8) is 0 Å². The summed E-state index contributed by atoms with van der Waals surface area (Å²) in [7, 11) is 0. The maximum atomic E-state index is 8.86. The monoisotopic (exact) mass is 209 g/mol. The molecule has 3 heteroatoms. The Morgan fingerprint density at radius 3 is 2.73 bits per heavy atom. The van der Waals surface area contributed by atoms with Gasteiger partial charge in [0.15, 0.2) is 0 Å². The minimum absolute atomic E-state index is 0.148. The highest BCUT2D eigenvalue weighted by molar-refractivity contribution is 4.89. The molecule has 0 saturated carbocycles. The molecule has 1 aliphatic heterocycles. The van der Waals surface area contributed by atoms with Crippen LogP contribution in [0.2, 0.25) is 0 Å². The van der Waals surface area contributed by atoms with E-state index < -0.39 is 0 Å². The molecular formula is C12H23N3. The van der Waals surface area contributed by atoms with Gasteiger partial charge in [0.1, 0.15) is 0 Å². The van der Waals surface area contributed by atoms with Gasteiger partial charge < -0.3 is 5.32 Å². The van der Waals surface area contributed by atoms with Crippen LogP contribution in [-0.2, 0) is 0 Å². The maximum absolute atomic E-state index is 8.86. The Bertz CT molecular complexity index is 221. The zero-order chi connectivity index (χ0) is 11.3. The van der Waals surface area contributed by atoms with Crippen LogP contribution in [0.3, 0.4) is 0 Å². The average molecular weight is 209 g/mol. The number of nitrogens with one attached hydrogen (secondary N) is 1. The maximum Gasteiger partial charge on any atom is 0.0666 e. The fourth-order valence-corrected chi connectivity index (χ4v) is 2.22. The molecule has 1 aliphatic rings. The summed E-state index contributed by atoms with van der Waals surface area (Å²) in [5.74, 6) is 0.148. The second kappa shape index (κ2) is 6.09. The van der Waals surface area contributed by atoms with Gasteiger partial charge in [0.05, 0.1) is 12.0 Å². The van der Waals surface area contributed by atoms with Crippen molar-refractivity contribution in [1.29, 1.82) is 5.26 Å². The van der Waals surface area contributed by atoms with Crippen LogP contribution in [0.25, 0.3) is 0 Å². The van der Waals surface area contributed by atoms with Crippen molar-refractivity contribution in [1.82, 2.24) is 10.2 Å². The first-order valence-electron chi connectivity index (χ1n) is 6.08. The molecule has 0 aliphatic carbocycles. The van der Waals surface area contributed by atoms with Crippen LogP contribution in [0.5, 0.6) is 0 Å². The molecular weight excluding hydrogens is 186 g/mol. The molecule has 0 amide bonds. The molecule has 1 fully saturated rings. The van der Waals surface area contributed by atoms with Crippen LogP contribution in [0, 0.1) is 17.2 Å². The molecule has 15 heavy (non-hydrogen) atoms. The Morgan fingerprint density at radius 1 is 1.47 bits per heavy atom. The fraction of sp³-hybridized carbons (Fsp3) is 0.917. The number of hydrogen-bond acceptors (Lipinski definition) is 3. The third-order valence-corrected chi connectivity index (χ3v) is 3.31. The highest BCUT2D eigenvalue weighted by Crippen LogP contribution is 2.13. The van der Waals surface area contributed by atoms with Crippen LogP contribution in [0.1, 0.15) is 33.6 Å². The molecule has 1 rings (SSSR count). The highest BCUT2D eigenvalue weighted by Gasteiger charge is 2.26. The minimum atomic E-state index is 0.148. The quantitative estimate of drug-likeness (QED) is 0.764. The molecule has 86 valence electrons. The number of hydrogen-bond donors (Lipinski definition) is 1. The summed E-state index contributed by atoms with van der Waals surface area (Å²) in [6.45, 7) is 9.55. The average Bonchev–Trinajstić information content (AvgIpc) is 2.28. The SMILES string of the molecule is CCC1CN(CC(C)C#N)C(CC)CN1. The molecule has 0 aromatic heterocycles. The standard InChI is InChI=1S/C12H23N3/c1-4-11-9-15(8-10(3)6-13)12(5-2)7-14-11/h10-12,14H,4-5,7-9H2,1-3H3. The van der Waals surface area contributed by atoms with Gasteiger partial charge in [-0.15, -0.1) is 0 Å². The van der Waals surface area contributed by atoms with Gasteiger partial charge in [-0.2, -0.15) is 5.26 Å². The number of rotatable bonds is 4. The van der Waals surface area contributed by atoms with E-state index >= 15 is 0 Å². The van der Waals surface area contributed by atoms with Gasteiger partial charge in [0.2, 0.25) is 0 Å². The number of piperazine rings is 1. The topological polar surface area (TPSA) is 39.1 Å². The van der Waals surface area contributed by atoms with E-state index in [1.165, 1.54) is 12.8 Å². The molecule has 1 N–H and O–H groups in total. The second-order valence-electron chi connectivity index (χ2n) is 4.56. The van der Waals surface area contributed by atoms with Gasteiger partial charge in [-0.1, -0.05) is 13.8 Å². The summed E-state index contributed by atoms with van der Waals surface area (Å²) in [4.78, 5) is 2.48. The van der Waals surface area contributed by atoms with Crippen LogP contribution in [0.15, 0.2) is 0 Å². The summed E-state index contributed by atoms with van der Waals surface area (Å²) < 4.78 is 0. The molecule has 0 radical (unpaired) electrons. The molecule has 0 aromatic carbocycles. The van der Waals surface area contributed by atoms with E-state index in [9.17, 15) is 0 Å². The Hall–Kier alpha value is -0.590. The third kappa shape index (κ3) is 3.48. The van der Waals surface area contributed by atoms with Crippen molar-refractivity contribution in [3.8, 4) is 6.07 Å². The van der Waals surface area contributed by atoms with Gasteiger partial charge in [-0.05, 0) is 19.8 Å². The first kappa shape index (κ1) is 12.5. The van der Waals surface area contributed by atoms with E-state index in [1.54, 1.807) is 0 Å². The lowest BCUT2D eigenvalue weighted by molar-refractivity contribution is 0.116. The summed E-state index contributed by atoms with van der Waals surface area (Å²) in [6, 6.07) is 3.55. The molecule has 1 saturated heterocycles. The lowest BCUT2D eigenvalue weighted by Gasteiger charge is -2.40. The molecule has 0 spiro atoms. The predicted octanol–water partition coefficient (Wildman–Crippen LogP) is 1.61. The van der Waals surface area contributed by atoms with Crippen LogP contribution >= 0.6 is 0 Å². The Kier molecular flexibility index (Phi) is 5.07. The van der Waals surface area contributed by atoms with E-state index in [-0.39, 0.29) is 5.92 Å². The molecule has 0 aromatic rings. The Morgan fingerprint density at radius 2 is 2.20 bits per heavy atom. The zero-order valence-electron chi connectivity index (χ0n) is 10.2. The molecule has 1 heterocycles. The summed E-state index contributed by atoms with van der Waals surface area (Å²) >= 11 is 0. The largest absolute Gasteiger partial charge is 0.311 e. The van der Waals surface area contributed by atoms with Gasteiger partial charge in [-0.25, -0.2) is 0 Å². The van der Waals surface area contributed by atoms with Gasteiger partial charge in [0, 0.05) is 31.7 Å². The van der Waals surface area contributed by atoms with Crippen molar-refractivity contribution in [2.24, 2.45) is 5.92 Å². The fourth-order valence-electron chi connectivity index (χ4n) is 2.22. The molecule has 3 unspecified atom stereocenters. The lowest BCUT2D eigenvalue weighted by atomic mass is 10.0. The highest BCUT2D eigenvalue weighted by atomic mass is 15.2. The van der Waals surface area contributed by atoms with E-state index in [0.29, 0.717) is 12.1 Å².